The molecule has 4 rings (SSSR count). The summed E-state index contributed by atoms with van der Waals surface area (Å²) in [5, 5.41) is -0.329. The summed E-state index contributed by atoms with van der Waals surface area (Å²) < 4.78 is 182. The second kappa shape index (κ2) is 7.73. The van der Waals surface area contributed by atoms with Crippen molar-refractivity contribution in [2.75, 3.05) is 6.54 Å². The van der Waals surface area contributed by atoms with Crippen LogP contribution in [-0.2, 0) is 20.2 Å². The van der Waals surface area contributed by atoms with Gasteiger partial charge in [-0.15, -0.1) is 0 Å². The molecule has 2 aromatic rings. The summed E-state index contributed by atoms with van der Waals surface area (Å²) >= 11 is 0. The van der Waals surface area contributed by atoms with E-state index in [0.29, 0.717) is 24.3 Å². The first kappa shape index (κ1) is 27.9. The van der Waals surface area contributed by atoms with Crippen LogP contribution in [0.15, 0.2) is 48.5 Å². The third kappa shape index (κ3) is 3.20. The summed E-state index contributed by atoms with van der Waals surface area (Å²) in [5.74, 6) is 0. The van der Waals surface area contributed by atoms with E-state index in [1.165, 1.54) is 6.92 Å². The summed E-state index contributed by atoms with van der Waals surface area (Å²) in [7, 11) is -6.75. The number of rotatable bonds is 3. The fourth-order valence-electron chi connectivity index (χ4n) is 4.91. The third-order valence-electron chi connectivity index (χ3n) is 6.31. The molecule has 0 fully saturated rings. The zero-order chi connectivity index (χ0) is 27.9. The molecule has 0 aliphatic carbocycles. The van der Waals surface area contributed by atoms with Crippen LogP contribution in [-0.4, -0.2) is 31.2 Å². The Labute approximate surface area is 200 Å². The Hall–Kier alpha value is -2.09. The van der Waals surface area contributed by atoms with Crippen LogP contribution in [0, 0.1) is 0 Å². The van der Waals surface area contributed by atoms with Crippen LogP contribution in [0.1, 0.15) is 24.5 Å². The molecule has 206 valence electrons. The van der Waals surface area contributed by atoms with Gasteiger partial charge in [0.2, 0.25) is 0 Å². The molecule has 16 heteroatoms. The van der Waals surface area contributed by atoms with Crippen molar-refractivity contribution in [3.8, 4) is 0 Å². The Bertz CT molecular complexity index is 1100. The molecule has 2 aliphatic rings. The predicted molar refractivity (Wildman–Crippen MR) is 107 cm³/mol. The van der Waals surface area contributed by atoms with E-state index in [9.17, 15) is 52.7 Å². The van der Waals surface area contributed by atoms with Crippen molar-refractivity contribution in [1.29, 1.82) is 0 Å². The van der Waals surface area contributed by atoms with Crippen LogP contribution in [0.4, 0.5) is 52.7 Å². The van der Waals surface area contributed by atoms with Gasteiger partial charge in [-0.2, -0.15) is 0 Å². The fourth-order valence-corrected chi connectivity index (χ4v) is 10.4. The third-order valence-corrected chi connectivity index (χ3v) is 10.9. The average molecular weight is 573 g/mol. The molecule has 1 N–H and O–H groups in total. The maximum absolute atomic E-state index is 14.4. The van der Waals surface area contributed by atoms with E-state index in [2.05, 4.69) is 5.09 Å². The fraction of sp³-hybridized carbons (Fsp3) is 0.429. The number of alkyl halides is 12. The van der Waals surface area contributed by atoms with Gasteiger partial charge in [-0.25, -0.2) is 0 Å². The summed E-state index contributed by atoms with van der Waals surface area (Å²) in [4.78, 5) is 0. The van der Waals surface area contributed by atoms with Crippen molar-refractivity contribution in [3.05, 3.63) is 59.7 Å². The molecule has 0 saturated carbocycles. The summed E-state index contributed by atoms with van der Waals surface area (Å²) in [5.41, 5.74) is -14.1. The molecule has 0 radical (unpaired) electrons. The molecular weight excluding hydrogens is 557 g/mol. The normalized spacial score (nSPS) is 22.8. The Kier molecular flexibility index (Phi) is 5.84. The SMILES string of the molecule is CCCNP12(OC(C(F)(F)F)(C(F)(F)F)c3ccccc31)OC(C(F)(F)F)(C(F)(F)F)c1ccccc12. The molecule has 0 unspecified atom stereocenters. The molecular formula is C21H16F12NO2P. The van der Waals surface area contributed by atoms with Gasteiger partial charge in [0.15, 0.2) is 0 Å². The van der Waals surface area contributed by atoms with Gasteiger partial charge in [-0.3, -0.25) is 0 Å². The Morgan fingerprint density at radius 1 is 0.622 bits per heavy atom. The van der Waals surface area contributed by atoms with Gasteiger partial charge in [-0.05, 0) is 0 Å². The number of benzene rings is 2. The molecule has 0 aromatic heterocycles. The first-order valence-electron chi connectivity index (χ1n) is 10.4. The van der Waals surface area contributed by atoms with Crippen molar-refractivity contribution in [2.24, 2.45) is 0 Å². The minimum absolute atomic E-state index is 0.134. The first-order valence-corrected chi connectivity index (χ1v) is 12.5. The van der Waals surface area contributed by atoms with Crippen molar-refractivity contribution in [3.63, 3.8) is 0 Å². The molecule has 1 spiro atoms. The van der Waals surface area contributed by atoms with E-state index in [1.54, 1.807) is 0 Å². The van der Waals surface area contributed by atoms with Crippen molar-refractivity contribution in [2.45, 2.75) is 49.3 Å². The molecule has 2 aromatic carbocycles. The number of hydrogen-bond acceptors (Lipinski definition) is 3. The van der Waals surface area contributed by atoms with Gasteiger partial charge in [0.1, 0.15) is 0 Å². The molecule has 2 aliphatic heterocycles. The van der Waals surface area contributed by atoms with Crippen LogP contribution in [0.2, 0.25) is 0 Å². The summed E-state index contributed by atoms with van der Waals surface area (Å²) in [6.45, 7) is 0.686. The van der Waals surface area contributed by atoms with Gasteiger partial charge < -0.3 is 0 Å². The van der Waals surface area contributed by atoms with Gasteiger partial charge in [0.25, 0.3) is 0 Å². The maximum atomic E-state index is 14.4. The van der Waals surface area contributed by atoms with Crippen LogP contribution < -0.4 is 15.7 Å². The quantitative estimate of drug-likeness (QED) is 0.330. The van der Waals surface area contributed by atoms with E-state index >= 15 is 0 Å². The second-order valence-corrected chi connectivity index (χ2v) is 12.0. The summed E-state index contributed by atoms with van der Waals surface area (Å²) in [6.07, 6.45) is -25.6. The Morgan fingerprint density at radius 2 is 0.946 bits per heavy atom. The first-order chi connectivity index (χ1) is 16.8. The average Bonchev–Trinajstić information content (AvgIpc) is 3.21. The molecule has 0 saturated heterocycles. The van der Waals surface area contributed by atoms with Crippen LogP contribution in [0.25, 0.3) is 0 Å². The molecule has 0 amide bonds. The number of halogens is 12. The van der Waals surface area contributed by atoms with Gasteiger partial charge in [-0.1, -0.05) is 0 Å². The molecule has 0 bridgehead atoms. The van der Waals surface area contributed by atoms with Crippen molar-refractivity contribution < 1.29 is 61.7 Å². The Morgan fingerprint density at radius 3 is 1.24 bits per heavy atom. The van der Waals surface area contributed by atoms with E-state index in [4.69, 9.17) is 9.05 Å². The zero-order valence-corrected chi connectivity index (χ0v) is 19.2. The number of hydrogen-bond donors (Lipinski definition) is 1. The van der Waals surface area contributed by atoms with Crippen LogP contribution in [0.5, 0.6) is 0 Å². The monoisotopic (exact) mass is 573 g/mol. The summed E-state index contributed by atoms with van der Waals surface area (Å²) in [6, 6.07) is 4.95. The topological polar surface area (TPSA) is 30.5 Å². The van der Waals surface area contributed by atoms with Crippen LogP contribution >= 0.6 is 7.21 Å². The Balaban J connectivity index is 2.28. The standard InChI is InChI=1S/C21H16F12NO2P/c1-2-11-34-37(14-9-5-3-7-12(14)16(35-37,18(22,23)24)19(25,26)27)15-10-6-4-8-13(15)17(36-37,20(28,29)30)21(31,32)33/h3-10,34H,2,11H2,1H3. The van der Waals surface area contributed by atoms with E-state index in [0.717, 1.165) is 24.3 Å². The molecule has 2 heterocycles. The van der Waals surface area contributed by atoms with E-state index < -0.39 is 71.4 Å². The predicted octanol–water partition coefficient (Wildman–Crippen LogP) is 6.64. The molecule has 0 atom stereocenters. The molecule has 3 nitrogen and oxygen atoms in total. The van der Waals surface area contributed by atoms with E-state index in [1.807, 2.05) is 0 Å². The number of fused-ring (bicyclic) bond motifs is 4. The van der Waals surface area contributed by atoms with Crippen molar-refractivity contribution >= 4 is 17.8 Å². The van der Waals surface area contributed by atoms with Gasteiger partial charge in [0.05, 0.1) is 0 Å². The zero-order valence-electron chi connectivity index (χ0n) is 18.3. The van der Waals surface area contributed by atoms with Gasteiger partial charge >= 0.3 is 200 Å². The van der Waals surface area contributed by atoms with Crippen LogP contribution in [0.3, 0.4) is 0 Å². The minimum atomic E-state index is -6.75. The van der Waals surface area contributed by atoms with Gasteiger partial charge in [0, 0.05) is 0 Å². The second-order valence-electron chi connectivity index (χ2n) is 8.44. The molecule has 37 heavy (non-hydrogen) atoms. The van der Waals surface area contributed by atoms with Crippen molar-refractivity contribution in [1.82, 2.24) is 5.09 Å². The number of nitrogens with one attached hydrogen (secondary N) is 1. The van der Waals surface area contributed by atoms with E-state index in [-0.39, 0.29) is 6.42 Å².